The van der Waals surface area contributed by atoms with E-state index in [1.807, 2.05) is 91.9 Å². The summed E-state index contributed by atoms with van der Waals surface area (Å²) in [5, 5.41) is 8.16. The molecular formula is C53H70BrN8O4PS3. The minimum Gasteiger partial charge on any atom is -0.492 e. The number of nitrogens with zero attached hydrogens (tertiary/aromatic N) is 4. The second kappa shape index (κ2) is 29.2. The Hall–Kier alpha value is -4.41. The molecule has 1 unspecified atom stereocenters. The summed E-state index contributed by atoms with van der Waals surface area (Å²) in [6.07, 6.45) is 10.2. The second-order valence-corrected chi connectivity index (χ2v) is 20.4. The van der Waals surface area contributed by atoms with Gasteiger partial charge in [0, 0.05) is 35.6 Å². The maximum Gasteiger partial charge on any atom is 0.206 e. The van der Waals surface area contributed by atoms with Gasteiger partial charge in [-0.2, -0.15) is 14.9 Å². The minimum absolute atomic E-state index is 0. The number of aliphatic imine (C=N–C) groups is 1. The van der Waals surface area contributed by atoms with Crippen LogP contribution in [0.4, 0.5) is 22.3 Å². The van der Waals surface area contributed by atoms with Crippen molar-refractivity contribution in [3.8, 4) is 11.5 Å². The number of benzene rings is 4. The summed E-state index contributed by atoms with van der Waals surface area (Å²) in [6, 6.07) is 31.4. The van der Waals surface area contributed by atoms with Crippen LogP contribution in [0.1, 0.15) is 114 Å². The Bertz CT molecular complexity index is 2460. The van der Waals surface area contributed by atoms with Crippen LogP contribution in [0.25, 0.3) is 0 Å². The minimum atomic E-state index is -0.0719. The zero-order valence-electron chi connectivity index (χ0n) is 39.5. The van der Waals surface area contributed by atoms with Crippen molar-refractivity contribution in [1.29, 1.82) is 0 Å². The number of carbonyl (C=O) groups excluding carboxylic acids is 2. The van der Waals surface area contributed by atoms with Crippen molar-refractivity contribution in [2.75, 3.05) is 79.9 Å². The lowest BCUT2D eigenvalue weighted by molar-refractivity contribution is 0.102. The van der Waals surface area contributed by atoms with Crippen molar-refractivity contribution in [3.63, 3.8) is 0 Å². The topological polar surface area (TPSA) is 160 Å². The van der Waals surface area contributed by atoms with E-state index in [1.165, 1.54) is 112 Å². The van der Waals surface area contributed by atoms with Crippen LogP contribution in [-0.4, -0.2) is 100 Å². The predicted molar refractivity (Wildman–Crippen MR) is 307 cm³/mol. The van der Waals surface area contributed by atoms with Gasteiger partial charge in [-0.1, -0.05) is 89.8 Å². The molecule has 2 saturated heterocycles. The molecule has 9 rings (SSSR count). The Morgan fingerprint density at radius 1 is 0.800 bits per heavy atom. The Balaban J connectivity index is 0.000000210. The fourth-order valence-corrected chi connectivity index (χ4v) is 9.83. The molecule has 70 heavy (non-hydrogen) atoms. The Kier molecular flexibility index (Phi) is 23.6. The quantitative estimate of drug-likeness (QED) is 0.0164. The molecule has 0 bridgehead atoms. The van der Waals surface area contributed by atoms with Crippen LogP contribution in [0.3, 0.4) is 0 Å². The molecule has 2 aliphatic heterocycles. The van der Waals surface area contributed by atoms with Crippen LogP contribution < -0.4 is 31.6 Å². The molecule has 2 aliphatic carbocycles. The van der Waals surface area contributed by atoms with Crippen LogP contribution in [0.2, 0.25) is 0 Å². The molecule has 0 spiro atoms. The zero-order chi connectivity index (χ0) is 47.7. The van der Waals surface area contributed by atoms with Crippen LogP contribution in [0.5, 0.6) is 11.5 Å². The maximum atomic E-state index is 13.0. The molecule has 4 fully saturated rings. The van der Waals surface area contributed by atoms with Gasteiger partial charge in [0.05, 0.1) is 5.33 Å². The molecule has 376 valence electrons. The van der Waals surface area contributed by atoms with Crippen molar-refractivity contribution in [2.45, 2.75) is 77.6 Å². The van der Waals surface area contributed by atoms with Crippen molar-refractivity contribution in [1.82, 2.24) is 14.8 Å². The lowest BCUT2D eigenvalue weighted by atomic mass is 10.0. The maximum absolute atomic E-state index is 13.0. The number of halogens is 1. The Morgan fingerprint density at radius 3 is 1.80 bits per heavy atom. The van der Waals surface area contributed by atoms with Crippen molar-refractivity contribution >= 4 is 105 Å². The van der Waals surface area contributed by atoms with E-state index in [0.717, 1.165) is 59.8 Å². The van der Waals surface area contributed by atoms with Gasteiger partial charge in [-0.3, -0.25) is 19.4 Å². The van der Waals surface area contributed by atoms with E-state index in [-0.39, 0.29) is 34.7 Å². The second-order valence-electron chi connectivity index (χ2n) is 17.2. The summed E-state index contributed by atoms with van der Waals surface area (Å²) in [4.78, 5) is 38.2. The number of ether oxygens (including phenoxy) is 2. The normalized spacial score (nSPS) is 15.5. The smallest absolute Gasteiger partial charge is 0.206 e. The number of likely N-dealkylation sites (tertiary alicyclic amines) is 2. The first-order chi connectivity index (χ1) is 33.1. The third kappa shape index (κ3) is 18.3. The molecule has 2 saturated carbocycles. The first kappa shape index (κ1) is 56.5. The van der Waals surface area contributed by atoms with Gasteiger partial charge < -0.3 is 31.6 Å². The summed E-state index contributed by atoms with van der Waals surface area (Å²) in [6.45, 7) is 10.2. The number of Topliss-reactive ketones (excluding diaryl/α,β-unsaturated/α-hetero) is 1. The first-order valence-corrected chi connectivity index (χ1v) is 27.0. The number of alkyl halides is 1. The van der Waals surface area contributed by atoms with Crippen molar-refractivity contribution < 1.29 is 19.1 Å². The van der Waals surface area contributed by atoms with Gasteiger partial charge in [0.2, 0.25) is 5.78 Å². The SMILES string of the molecule is C.CCSC(N)=NC(=S)Nc1ccc(OCCN2CCCC2)cc1.Nc1nc(Nc2ccc(OCCN3CCCC3)cc2)sc1C(=O)c1cccc(C2CC2)c1.O=C(CBr)c1cccc(C2CC2)c1.P. The number of thiocarbonyl (C=S) groups is 1. The molecule has 5 aromatic rings. The summed E-state index contributed by atoms with van der Waals surface area (Å²) in [7, 11) is 0. The van der Waals surface area contributed by atoms with E-state index < -0.39 is 0 Å². The van der Waals surface area contributed by atoms with E-state index in [4.69, 9.17) is 33.2 Å². The lowest BCUT2D eigenvalue weighted by Gasteiger charge is -2.15. The van der Waals surface area contributed by atoms with Crippen LogP contribution in [0, 0.1) is 0 Å². The van der Waals surface area contributed by atoms with E-state index in [1.54, 1.807) is 0 Å². The summed E-state index contributed by atoms with van der Waals surface area (Å²) in [5.41, 5.74) is 17.6. The number of aromatic nitrogens is 1. The number of thioether (sulfide) groups is 1. The molecule has 4 aromatic carbocycles. The number of anilines is 4. The number of nitrogens with one attached hydrogen (secondary N) is 2. The molecule has 3 heterocycles. The number of rotatable bonds is 18. The van der Waals surface area contributed by atoms with Gasteiger partial charge in [0.15, 0.2) is 21.2 Å². The molecule has 1 atom stereocenters. The Labute approximate surface area is 440 Å². The highest BCUT2D eigenvalue weighted by Crippen LogP contribution is 2.41. The zero-order valence-corrected chi connectivity index (χ0v) is 45.0. The van der Waals surface area contributed by atoms with E-state index >= 15 is 0 Å². The van der Waals surface area contributed by atoms with E-state index in [0.29, 0.717) is 43.7 Å². The number of hydrogen-bond acceptors (Lipinski definition) is 12. The largest absolute Gasteiger partial charge is 0.492 e. The number of carbonyl (C=O) groups is 2. The fourth-order valence-electron chi connectivity index (χ4n) is 7.91. The van der Waals surface area contributed by atoms with Crippen LogP contribution >= 0.6 is 61.1 Å². The highest BCUT2D eigenvalue weighted by molar-refractivity contribution is 9.09. The van der Waals surface area contributed by atoms with Crippen LogP contribution in [0.15, 0.2) is 102 Å². The fraction of sp³-hybridized carbons (Fsp3) is 0.415. The monoisotopic (exact) mass is 1090 g/mol. The van der Waals surface area contributed by atoms with Crippen LogP contribution in [-0.2, 0) is 0 Å². The van der Waals surface area contributed by atoms with Gasteiger partial charge in [-0.25, -0.2) is 4.98 Å². The third-order valence-electron chi connectivity index (χ3n) is 11.9. The molecule has 0 amide bonds. The van der Waals surface area contributed by atoms with Gasteiger partial charge in [-0.05, 0) is 179 Å². The molecule has 1 aromatic heterocycles. The number of thiazole rings is 1. The average Bonchev–Trinajstić information content (AvgIpc) is 4.24. The average molecular weight is 1090 g/mol. The predicted octanol–water partition coefficient (Wildman–Crippen LogP) is 11.8. The van der Waals surface area contributed by atoms with E-state index in [2.05, 4.69) is 58.5 Å². The van der Waals surface area contributed by atoms with Gasteiger partial charge in [0.25, 0.3) is 0 Å². The third-order valence-corrected chi connectivity index (χ3v) is 14.3. The van der Waals surface area contributed by atoms with Gasteiger partial charge in [0.1, 0.15) is 35.4 Å². The molecular weight excluding hydrogens is 1020 g/mol. The Morgan fingerprint density at radius 2 is 1.30 bits per heavy atom. The first-order valence-electron chi connectivity index (χ1n) is 23.7. The van der Waals surface area contributed by atoms with Gasteiger partial charge >= 0.3 is 0 Å². The number of ketones is 2. The highest BCUT2D eigenvalue weighted by Gasteiger charge is 2.26. The summed E-state index contributed by atoms with van der Waals surface area (Å²) < 4.78 is 11.6. The molecule has 17 heteroatoms. The summed E-state index contributed by atoms with van der Waals surface area (Å²) >= 11 is 11.1. The standard InChI is InChI=1S/C25H28N4O2S.C16H24N4OS2.C11H11BrO.CH4.H3P/c26-24-23(22(30)19-5-3-4-18(16-19)17-6-7-17)32-25(28-24)27-20-8-10-21(11-9-20)31-15-14-29-12-1-2-13-29;1-2-23-15(17)19-16(22)18-13-5-7-14(8-6-13)21-12-11-20-9-3-4-10-20;12-7-11(13)10-3-1-2-9(6-10)8-4-5-8;;/h3-5,8-11,16-17H,1-2,6-7,12-15,26H2,(H,27,28);5-8H,2-4,9-12H2,1H3,(H3,17,18,19,22);1-3,6,8H,4-5,7H2;1H4;1H3. The molecule has 12 nitrogen and oxygen atoms in total. The molecule has 4 aliphatic rings. The number of amidine groups is 1. The number of nitrogen functional groups attached to an aromatic ring is 1. The number of nitrogens with two attached hydrogens (primary N) is 2. The highest BCUT2D eigenvalue weighted by atomic mass is 79.9. The van der Waals surface area contributed by atoms with Gasteiger partial charge in [-0.15, -0.1) is 0 Å². The molecule has 0 radical (unpaired) electrons. The van der Waals surface area contributed by atoms with Crippen molar-refractivity contribution in [3.05, 3.63) is 124 Å². The lowest BCUT2D eigenvalue weighted by Crippen LogP contribution is -2.25. The van der Waals surface area contributed by atoms with E-state index in [9.17, 15) is 9.59 Å². The number of hydrogen-bond donors (Lipinski definition) is 4. The molecule has 6 N–H and O–H groups in total. The van der Waals surface area contributed by atoms with Crippen molar-refractivity contribution in [2.24, 2.45) is 10.7 Å². The summed E-state index contributed by atoms with van der Waals surface area (Å²) in [5.74, 6) is 4.28.